The molecule has 3 aromatic rings. The van der Waals surface area contributed by atoms with Crippen molar-refractivity contribution in [3.63, 3.8) is 0 Å². The summed E-state index contributed by atoms with van der Waals surface area (Å²) >= 11 is 0. The standard InChI is InChI=1S/C23H18N2O6/c1-14-7-3-5-9-17(14)21(26)24-20-12-11-16(25(29)30)13-19(20)23(28)31-22(27)18-10-6-4-8-15(18)2/h3-13H,1-2H3,(H,24,26). The highest BCUT2D eigenvalue weighted by Gasteiger charge is 2.23. The van der Waals surface area contributed by atoms with Crippen LogP contribution in [0.25, 0.3) is 0 Å². The van der Waals surface area contributed by atoms with Crippen LogP contribution in [0.4, 0.5) is 11.4 Å². The second-order valence-corrected chi connectivity index (χ2v) is 6.75. The van der Waals surface area contributed by atoms with Gasteiger partial charge in [0.05, 0.1) is 21.7 Å². The van der Waals surface area contributed by atoms with Gasteiger partial charge in [0, 0.05) is 17.7 Å². The molecule has 8 heteroatoms. The maximum atomic E-state index is 12.7. The number of aryl methyl sites for hydroxylation is 2. The van der Waals surface area contributed by atoms with Crippen LogP contribution in [0.2, 0.25) is 0 Å². The molecule has 0 spiro atoms. The lowest BCUT2D eigenvalue weighted by Gasteiger charge is -2.12. The highest BCUT2D eigenvalue weighted by Crippen LogP contribution is 2.25. The Labute approximate surface area is 177 Å². The van der Waals surface area contributed by atoms with E-state index in [-0.39, 0.29) is 22.5 Å². The molecule has 8 nitrogen and oxygen atoms in total. The summed E-state index contributed by atoms with van der Waals surface area (Å²) in [5.74, 6) is -2.52. The van der Waals surface area contributed by atoms with E-state index in [0.29, 0.717) is 16.7 Å². The van der Waals surface area contributed by atoms with Crippen molar-refractivity contribution >= 4 is 29.2 Å². The summed E-state index contributed by atoms with van der Waals surface area (Å²) in [4.78, 5) is 48.2. The minimum absolute atomic E-state index is 0.0126. The fourth-order valence-electron chi connectivity index (χ4n) is 2.94. The van der Waals surface area contributed by atoms with Gasteiger partial charge in [-0.2, -0.15) is 0 Å². The van der Waals surface area contributed by atoms with E-state index >= 15 is 0 Å². The molecule has 0 aliphatic carbocycles. The fraction of sp³-hybridized carbons (Fsp3) is 0.0870. The molecule has 0 saturated carbocycles. The molecule has 31 heavy (non-hydrogen) atoms. The first kappa shape index (κ1) is 21.4. The Morgan fingerprint density at radius 3 is 1.94 bits per heavy atom. The van der Waals surface area contributed by atoms with E-state index in [1.54, 1.807) is 56.3 Å². The van der Waals surface area contributed by atoms with Crippen molar-refractivity contribution in [2.75, 3.05) is 5.32 Å². The van der Waals surface area contributed by atoms with Gasteiger partial charge in [-0.15, -0.1) is 0 Å². The molecule has 0 heterocycles. The number of nitro benzene ring substituents is 1. The quantitative estimate of drug-likeness (QED) is 0.283. The van der Waals surface area contributed by atoms with Crippen molar-refractivity contribution in [3.8, 4) is 0 Å². The monoisotopic (exact) mass is 418 g/mol. The molecule has 1 amide bonds. The normalized spacial score (nSPS) is 10.3. The Bertz CT molecular complexity index is 1200. The SMILES string of the molecule is Cc1ccccc1C(=O)Nc1ccc([N+](=O)[O-])cc1C(=O)OC(=O)c1ccccc1C. The second-order valence-electron chi connectivity index (χ2n) is 6.75. The number of hydrogen-bond acceptors (Lipinski definition) is 6. The number of anilines is 1. The zero-order valence-electron chi connectivity index (χ0n) is 16.7. The molecule has 0 aromatic heterocycles. The van der Waals surface area contributed by atoms with Gasteiger partial charge < -0.3 is 10.1 Å². The minimum Gasteiger partial charge on any atom is -0.386 e. The number of ether oxygens (including phenoxy) is 1. The van der Waals surface area contributed by atoms with Crippen molar-refractivity contribution in [2.45, 2.75) is 13.8 Å². The average molecular weight is 418 g/mol. The van der Waals surface area contributed by atoms with Crippen LogP contribution >= 0.6 is 0 Å². The van der Waals surface area contributed by atoms with Crippen LogP contribution < -0.4 is 5.32 Å². The first-order valence-electron chi connectivity index (χ1n) is 9.25. The molecule has 0 unspecified atom stereocenters. The van der Waals surface area contributed by atoms with Gasteiger partial charge in [0.25, 0.3) is 11.6 Å². The number of rotatable bonds is 5. The molecule has 1 N–H and O–H groups in total. The van der Waals surface area contributed by atoms with Crippen LogP contribution in [-0.2, 0) is 4.74 Å². The number of non-ortho nitro benzene ring substituents is 1. The van der Waals surface area contributed by atoms with Crippen molar-refractivity contribution in [1.29, 1.82) is 0 Å². The molecule has 0 saturated heterocycles. The van der Waals surface area contributed by atoms with E-state index in [1.165, 1.54) is 12.1 Å². The number of esters is 2. The van der Waals surface area contributed by atoms with E-state index in [4.69, 9.17) is 4.74 Å². The van der Waals surface area contributed by atoms with Crippen molar-refractivity contribution in [1.82, 2.24) is 0 Å². The zero-order chi connectivity index (χ0) is 22.5. The highest BCUT2D eigenvalue weighted by molar-refractivity contribution is 6.11. The lowest BCUT2D eigenvalue weighted by Crippen LogP contribution is -2.19. The first-order chi connectivity index (χ1) is 14.8. The molecule has 0 aliphatic heterocycles. The van der Waals surface area contributed by atoms with E-state index in [2.05, 4.69) is 5.32 Å². The second kappa shape index (κ2) is 9.00. The van der Waals surface area contributed by atoms with Gasteiger partial charge in [0.2, 0.25) is 0 Å². The van der Waals surface area contributed by atoms with Crippen molar-refractivity contribution < 1.29 is 24.0 Å². The third-order valence-electron chi connectivity index (χ3n) is 4.62. The number of nitrogens with one attached hydrogen (secondary N) is 1. The van der Waals surface area contributed by atoms with Gasteiger partial charge in [0.1, 0.15) is 0 Å². The zero-order valence-corrected chi connectivity index (χ0v) is 16.7. The van der Waals surface area contributed by atoms with Crippen LogP contribution in [0, 0.1) is 24.0 Å². The summed E-state index contributed by atoms with van der Waals surface area (Å²) in [6.45, 7) is 3.43. The van der Waals surface area contributed by atoms with Gasteiger partial charge in [-0.05, 0) is 43.2 Å². The number of hydrogen-bond donors (Lipinski definition) is 1. The summed E-state index contributed by atoms with van der Waals surface area (Å²) in [6.07, 6.45) is 0. The molecule has 0 atom stereocenters. The maximum absolute atomic E-state index is 12.7. The van der Waals surface area contributed by atoms with Crippen LogP contribution in [0.3, 0.4) is 0 Å². The average Bonchev–Trinajstić information content (AvgIpc) is 2.74. The summed E-state index contributed by atoms with van der Waals surface area (Å²) in [7, 11) is 0. The molecular weight excluding hydrogens is 400 g/mol. The number of nitrogens with zero attached hydrogens (tertiary/aromatic N) is 1. The summed E-state index contributed by atoms with van der Waals surface area (Å²) in [6, 6.07) is 16.7. The Morgan fingerprint density at radius 1 is 0.806 bits per heavy atom. The fourth-order valence-corrected chi connectivity index (χ4v) is 2.94. The van der Waals surface area contributed by atoms with Crippen LogP contribution in [0.15, 0.2) is 66.7 Å². The molecule has 156 valence electrons. The molecular formula is C23H18N2O6. The Hall–Kier alpha value is -4.33. The topological polar surface area (TPSA) is 116 Å². The van der Waals surface area contributed by atoms with Crippen LogP contribution in [-0.4, -0.2) is 22.8 Å². The lowest BCUT2D eigenvalue weighted by atomic mass is 10.1. The Kier molecular flexibility index (Phi) is 6.21. The number of carbonyl (C=O) groups excluding carboxylic acids is 3. The van der Waals surface area contributed by atoms with Crippen molar-refractivity contribution in [2.24, 2.45) is 0 Å². The number of nitro groups is 1. The van der Waals surface area contributed by atoms with Crippen molar-refractivity contribution in [3.05, 3.63) is 105 Å². The van der Waals surface area contributed by atoms with Crippen LogP contribution in [0.1, 0.15) is 42.2 Å². The van der Waals surface area contributed by atoms with E-state index in [1.807, 2.05) is 0 Å². The third kappa shape index (κ3) is 4.81. The highest BCUT2D eigenvalue weighted by atomic mass is 16.6. The molecule has 0 aliphatic rings. The molecule has 0 fully saturated rings. The smallest absolute Gasteiger partial charge is 0.348 e. The third-order valence-corrected chi connectivity index (χ3v) is 4.62. The number of benzene rings is 3. The Morgan fingerprint density at radius 2 is 1.35 bits per heavy atom. The largest absolute Gasteiger partial charge is 0.386 e. The molecule has 0 radical (unpaired) electrons. The van der Waals surface area contributed by atoms with Gasteiger partial charge in [0.15, 0.2) is 0 Å². The van der Waals surface area contributed by atoms with E-state index in [9.17, 15) is 24.5 Å². The van der Waals surface area contributed by atoms with Gasteiger partial charge in [-0.1, -0.05) is 36.4 Å². The van der Waals surface area contributed by atoms with Crippen LogP contribution in [0.5, 0.6) is 0 Å². The predicted molar refractivity (Wildman–Crippen MR) is 113 cm³/mol. The summed E-state index contributed by atoms with van der Waals surface area (Å²) in [5.41, 5.74) is 1.17. The van der Waals surface area contributed by atoms with Gasteiger partial charge >= 0.3 is 11.9 Å². The van der Waals surface area contributed by atoms with E-state index < -0.39 is 22.8 Å². The van der Waals surface area contributed by atoms with Gasteiger partial charge in [-0.3, -0.25) is 14.9 Å². The maximum Gasteiger partial charge on any atom is 0.348 e. The number of carbonyl (C=O) groups is 3. The Balaban J connectivity index is 1.93. The molecule has 0 bridgehead atoms. The van der Waals surface area contributed by atoms with E-state index in [0.717, 1.165) is 12.1 Å². The first-order valence-corrected chi connectivity index (χ1v) is 9.25. The summed E-state index contributed by atoms with van der Waals surface area (Å²) in [5, 5.41) is 13.7. The van der Waals surface area contributed by atoms with Gasteiger partial charge in [-0.25, -0.2) is 9.59 Å². The number of amides is 1. The molecule has 3 aromatic carbocycles. The predicted octanol–water partition coefficient (Wildman–Crippen LogP) is 4.46. The summed E-state index contributed by atoms with van der Waals surface area (Å²) < 4.78 is 4.94. The minimum atomic E-state index is -1.11. The lowest BCUT2D eigenvalue weighted by molar-refractivity contribution is -0.384. The molecule has 3 rings (SSSR count).